The third-order valence-electron chi connectivity index (χ3n) is 2.72. The van der Waals surface area contributed by atoms with E-state index in [-0.39, 0.29) is 0 Å². The minimum absolute atomic E-state index is 0.429. The van der Waals surface area contributed by atoms with Gasteiger partial charge < -0.3 is 9.47 Å². The number of esters is 2. The van der Waals surface area contributed by atoms with E-state index >= 15 is 0 Å². The maximum absolute atomic E-state index is 11.3. The van der Waals surface area contributed by atoms with E-state index < -0.39 is 11.9 Å². The van der Waals surface area contributed by atoms with Gasteiger partial charge in [0.05, 0.1) is 0 Å². The van der Waals surface area contributed by atoms with E-state index in [1.165, 1.54) is 0 Å². The molecule has 0 heterocycles. The lowest BCUT2D eigenvalue weighted by molar-refractivity contribution is -0.130. The van der Waals surface area contributed by atoms with Crippen molar-refractivity contribution in [2.24, 2.45) is 0 Å². The predicted octanol–water partition coefficient (Wildman–Crippen LogP) is 2.79. The fraction of sp³-hybridized carbons (Fsp3) is 0.200. The molecule has 0 bridgehead atoms. The van der Waals surface area contributed by atoms with Gasteiger partial charge in [-0.3, -0.25) is 0 Å². The second kappa shape index (κ2) is 6.00. The Balaban J connectivity index is 3.22. The summed E-state index contributed by atoms with van der Waals surface area (Å²) in [6, 6.07) is 1.65. The Morgan fingerprint density at radius 3 is 2.05 bits per heavy atom. The zero-order valence-corrected chi connectivity index (χ0v) is 11.3. The van der Waals surface area contributed by atoms with Crippen LogP contribution in [0.1, 0.15) is 16.7 Å². The smallest absolute Gasteiger partial charge is 0.335 e. The van der Waals surface area contributed by atoms with Gasteiger partial charge in [-0.05, 0) is 43.5 Å². The van der Waals surface area contributed by atoms with Crippen LogP contribution in [0.15, 0.2) is 31.4 Å². The van der Waals surface area contributed by atoms with Crippen LogP contribution in [0.25, 0.3) is 0 Å². The molecule has 0 unspecified atom stereocenters. The van der Waals surface area contributed by atoms with E-state index in [0.717, 1.165) is 23.3 Å². The molecule has 0 saturated carbocycles. The van der Waals surface area contributed by atoms with Gasteiger partial charge in [0, 0.05) is 12.2 Å². The maximum Gasteiger partial charge on any atom is 0.335 e. The van der Waals surface area contributed by atoms with Crippen LogP contribution in [0.2, 0.25) is 0 Å². The topological polar surface area (TPSA) is 52.6 Å². The van der Waals surface area contributed by atoms with Crippen LogP contribution >= 0.6 is 0 Å². The molecule has 19 heavy (non-hydrogen) atoms. The van der Waals surface area contributed by atoms with Gasteiger partial charge in [-0.2, -0.15) is 0 Å². The molecule has 1 aromatic carbocycles. The number of hydrogen-bond acceptors (Lipinski definition) is 4. The van der Waals surface area contributed by atoms with Crippen molar-refractivity contribution in [3.8, 4) is 11.5 Å². The van der Waals surface area contributed by atoms with Crippen LogP contribution in [0.3, 0.4) is 0 Å². The van der Waals surface area contributed by atoms with E-state index in [9.17, 15) is 9.59 Å². The molecule has 0 aromatic heterocycles. The number of benzene rings is 1. The van der Waals surface area contributed by atoms with E-state index in [1.54, 1.807) is 26.8 Å². The third-order valence-corrected chi connectivity index (χ3v) is 2.72. The van der Waals surface area contributed by atoms with Crippen LogP contribution in [0, 0.1) is 20.8 Å². The van der Waals surface area contributed by atoms with Gasteiger partial charge in [0.1, 0.15) is 11.5 Å². The number of carbonyl (C=O) groups excluding carboxylic acids is 2. The quantitative estimate of drug-likeness (QED) is 0.474. The van der Waals surface area contributed by atoms with E-state index in [1.807, 2.05) is 0 Å². The first kappa shape index (κ1) is 14.7. The Morgan fingerprint density at radius 2 is 1.53 bits per heavy atom. The van der Waals surface area contributed by atoms with Gasteiger partial charge in [0.25, 0.3) is 0 Å². The van der Waals surface area contributed by atoms with E-state index in [4.69, 9.17) is 9.47 Å². The normalized spacial score (nSPS) is 9.63. The second-order valence-corrected chi connectivity index (χ2v) is 4.02. The molecule has 0 aliphatic rings. The zero-order valence-electron chi connectivity index (χ0n) is 11.3. The molecular formula is C15H16O4. The average molecular weight is 260 g/mol. The molecule has 1 rings (SSSR count). The summed E-state index contributed by atoms with van der Waals surface area (Å²) in [4.78, 5) is 22.5. The molecule has 0 radical (unpaired) electrons. The second-order valence-electron chi connectivity index (χ2n) is 4.02. The van der Waals surface area contributed by atoms with Crippen LogP contribution in [0.5, 0.6) is 11.5 Å². The van der Waals surface area contributed by atoms with Crippen molar-refractivity contribution >= 4 is 11.9 Å². The van der Waals surface area contributed by atoms with E-state index in [2.05, 4.69) is 13.2 Å². The van der Waals surface area contributed by atoms with E-state index in [0.29, 0.717) is 17.1 Å². The monoisotopic (exact) mass is 260 g/mol. The fourth-order valence-electron chi connectivity index (χ4n) is 1.58. The number of ether oxygens (including phenoxy) is 2. The lowest BCUT2D eigenvalue weighted by Crippen LogP contribution is -2.09. The Hall–Kier alpha value is -2.36. The summed E-state index contributed by atoms with van der Waals surface area (Å²) in [5, 5.41) is 0. The molecule has 0 spiro atoms. The average Bonchev–Trinajstić information content (AvgIpc) is 2.40. The van der Waals surface area contributed by atoms with Crippen LogP contribution < -0.4 is 9.47 Å². The van der Waals surface area contributed by atoms with Crippen LogP contribution in [-0.4, -0.2) is 11.9 Å². The molecular weight excluding hydrogens is 244 g/mol. The number of aryl methyl sites for hydroxylation is 1. The SMILES string of the molecule is C=CC(=O)Oc1cc(C)c(OC(=O)C=C)c(C)c1C. The molecule has 0 N–H and O–H groups in total. The molecule has 4 nitrogen and oxygen atoms in total. The molecule has 100 valence electrons. The van der Waals surface area contributed by atoms with Gasteiger partial charge in [-0.15, -0.1) is 0 Å². The van der Waals surface area contributed by atoms with Gasteiger partial charge in [0.2, 0.25) is 0 Å². The van der Waals surface area contributed by atoms with Gasteiger partial charge in [-0.1, -0.05) is 13.2 Å². The molecule has 0 aliphatic carbocycles. The van der Waals surface area contributed by atoms with Crippen molar-refractivity contribution < 1.29 is 19.1 Å². The molecule has 0 atom stereocenters. The van der Waals surface area contributed by atoms with Crippen molar-refractivity contribution in [2.45, 2.75) is 20.8 Å². The molecule has 1 aromatic rings. The largest absolute Gasteiger partial charge is 0.423 e. The van der Waals surface area contributed by atoms with Crippen LogP contribution in [0.4, 0.5) is 0 Å². The standard InChI is InChI=1S/C15H16O4/c1-6-13(16)18-12-8-9(3)15(11(5)10(12)4)19-14(17)7-2/h6-8H,1-2H2,3-5H3. The van der Waals surface area contributed by atoms with Crippen molar-refractivity contribution in [1.82, 2.24) is 0 Å². The lowest BCUT2D eigenvalue weighted by atomic mass is 10.0. The molecule has 0 aliphatic heterocycles. The first-order valence-electron chi connectivity index (χ1n) is 5.70. The van der Waals surface area contributed by atoms with Crippen molar-refractivity contribution in [1.29, 1.82) is 0 Å². The predicted molar refractivity (Wildman–Crippen MR) is 72.3 cm³/mol. The number of carbonyl (C=O) groups is 2. The van der Waals surface area contributed by atoms with Crippen molar-refractivity contribution in [3.63, 3.8) is 0 Å². The van der Waals surface area contributed by atoms with Crippen LogP contribution in [-0.2, 0) is 9.59 Å². The first-order valence-corrected chi connectivity index (χ1v) is 5.70. The Labute approximate surface area is 112 Å². The Bertz CT molecular complexity index is 556. The molecule has 0 saturated heterocycles. The van der Waals surface area contributed by atoms with Gasteiger partial charge in [-0.25, -0.2) is 9.59 Å². The summed E-state index contributed by atoms with van der Waals surface area (Å²) in [5.41, 5.74) is 2.17. The van der Waals surface area contributed by atoms with Gasteiger partial charge in [0.15, 0.2) is 0 Å². The summed E-state index contributed by atoms with van der Waals surface area (Å²) in [5.74, 6) is -0.168. The maximum atomic E-state index is 11.3. The Kier molecular flexibility index (Phi) is 4.64. The highest BCUT2D eigenvalue weighted by molar-refractivity contribution is 5.85. The number of rotatable bonds is 4. The minimum Gasteiger partial charge on any atom is -0.423 e. The summed E-state index contributed by atoms with van der Waals surface area (Å²) in [6.07, 6.45) is 2.19. The highest BCUT2D eigenvalue weighted by atomic mass is 16.5. The summed E-state index contributed by atoms with van der Waals surface area (Å²) in [7, 11) is 0. The first-order chi connectivity index (χ1) is 8.90. The Morgan fingerprint density at radius 1 is 1.00 bits per heavy atom. The number of hydrogen-bond donors (Lipinski definition) is 0. The molecule has 4 heteroatoms. The van der Waals surface area contributed by atoms with Gasteiger partial charge >= 0.3 is 11.9 Å². The zero-order chi connectivity index (χ0) is 14.6. The lowest BCUT2D eigenvalue weighted by Gasteiger charge is -2.15. The summed E-state index contributed by atoms with van der Waals surface area (Å²) >= 11 is 0. The molecule has 0 fully saturated rings. The minimum atomic E-state index is -0.530. The highest BCUT2D eigenvalue weighted by Crippen LogP contribution is 2.33. The molecule has 0 amide bonds. The van der Waals surface area contributed by atoms with Crippen molar-refractivity contribution in [3.05, 3.63) is 48.1 Å². The highest BCUT2D eigenvalue weighted by Gasteiger charge is 2.15. The fourth-order valence-corrected chi connectivity index (χ4v) is 1.58. The third kappa shape index (κ3) is 3.31. The van der Waals surface area contributed by atoms with Crippen molar-refractivity contribution in [2.75, 3.05) is 0 Å². The summed E-state index contributed by atoms with van der Waals surface area (Å²) < 4.78 is 10.3. The summed E-state index contributed by atoms with van der Waals surface area (Å²) in [6.45, 7) is 12.0.